The first-order valence-electron chi connectivity index (χ1n) is 6.97. The second-order valence-corrected chi connectivity index (χ2v) is 5.35. The Morgan fingerprint density at radius 1 is 1.15 bits per heavy atom. The number of benzene rings is 2. The van der Waals surface area contributed by atoms with Gasteiger partial charge in [-0.15, -0.1) is 6.58 Å². The molecule has 0 bridgehead atoms. The van der Waals surface area contributed by atoms with Gasteiger partial charge in [-0.05, 0) is 17.2 Å². The molecule has 1 heterocycles. The van der Waals surface area contributed by atoms with Gasteiger partial charge in [-0.25, -0.2) is 0 Å². The van der Waals surface area contributed by atoms with Crippen LogP contribution in [0.25, 0.3) is 0 Å². The third-order valence-corrected chi connectivity index (χ3v) is 3.93. The van der Waals surface area contributed by atoms with Crippen LogP contribution in [0.1, 0.15) is 22.6 Å². The van der Waals surface area contributed by atoms with E-state index < -0.39 is 0 Å². The quantitative estimate of drug-likeness (QED) is 0.856. The third-order valence-electron chi connectivity index (χ3n) is 3.93. The lowest BCUT2D eigenvalue weighted by Crippen LogP contribution is -2.32. The highest BCUT2D eigenvalue weighted by Crippen LogP contribution is 2.35. The van der Waals surface area contributed by atoms with E-state index in [1.165, 1.54) is 11.1 Å². The van der Waals surface area contributed by atoms with Gasteiger partial charge in [-0.2, -0.15) is 0 Å². The van der Waals surface area contributed by atoms with Gasteiger partial charge in [-0.1, -0.05) is 48.5 Å². The van der Waals surface area contributed by atoms with Crippen molar-refractivity contribution in [1.82, 2.24) is 4.90 Å². The molecule has 0 amide bonds. The number of phenolic OH excluding ortho intramolecular Hbond substituents is 1. The maximum Gasteiger partial charge on any atom is 0.119 e. The van der Waals surface area contributed by atoms with E-state index in [9.17, 15) is 5.11 Å². The highest BCUT2D eigenvalue weighted by atomic mass is 16.3. The van der Waals surface area contributed by atoms with Crippen LogP contribution in [0.5, 0.6) is 5.75 Å². The Morgan fingerprint density at radius 3 is 2.70 bits per heavy atom. The molecule has 1 aliphatic heterocycles. The average Bonchev–Trinajstić information content (AvgIpc) is 2.47. The summed E-state index contributed by atoms with van der Waals surface area (Å²) in [7, 11) is 0. The number of hydrogen-bond acceptors (Lipinski definition) is 2. The fraction of sp³-hybridized carbons (Fsp3) is 0.222. The molecule has 1 N–H and O–H groups in total. The second kappa shape index (κ2) is 5.51. The van der Waals surface area contributed by atoms with Gasteiger partial charge in [0.1, 0.15) is 5.75 Å². The molecule has 0 spiro atoms. The molecule has 0 saturated heterocycles. The first kappa shape index (κ1) is 12.9. The number of aromatic hydroxyl groups is 1. The molecule has 2 heteroatoms. The number of hydrogen-bond donors (Lipinski definition) is 1. The third kappa shape index (κ3) is 2.47. The molecule has 102 valence electrons. The lowest BCUT2D eigenvalue weighted by molar-refractivity contribution is 0.231. The van der Waals surface area contributed by atoms with Crippen LogP contribution in [-0.4, -0.2) is 16.6 Å². The number of fused-ring (bicyclic) bond motifs is 1. The summed E-state index contributed by atoms with van der Waals surface area (Å²) in [6.07, 6.45) is 1.94. The van der Waals surface area contributed by atoms with Crippen molar-refractivity contribution < 1.29 is 5.11 Å². The number of rotatable bonds is 3. The van der Waals surface area contributed by atoms with Gasteiger partial charge >= 0.3 is 0 Å². The van der Waals surface area contributed by atoms with Gasteiger partial charge < -0.3 is 5.11 Å². The lowest BCUT2D eigenvalue weighted by atomic mass is 9.88. The lowest BCUT2D eigenvalue weighted by Gasteiger charge is -2.33. The van der Waals surface area contributed by atoms with Crippen LogP contribution in [0.3, 0.4) is 0 Å². The summed E-state index contributed by atoms with van der Waals surface area (Å²) in [5.74, 6) is 0.593. The molecule has 0 saturated carbocycles. The molecule has 2 aromatic rings. The van der Waals surface area contributed by atoms with E-state index in [2.05, 4.69) is 41.8 Å². The fourth-order valence-corrected chi connectivity index (χ4v) is 2.99. The van der Waals surface area contributed by atoms with Crippen molar-refractivity contribution in [3.05, 3.63) is 77.9 Å². The maximum atomic E-state index is 10.1. The molecule has 0 radical (unpaired) electrons. The van der Waals surface area contributed by atoms with E-state index in [0.29, 0.717) is 5.75 Å². The van der Waals surface area contributed by atoms with E-state index in [1.807, 2.05) is 18.2 Å². The summed E-state index contributed by atoms with van der Waals surface area (Å²) >= 11 is 0. The maximum absolute atomic E-state index is 10.1. The van der Waals surface area contributed by atoms with Crippen LogP contribution in [0.15, 0.2) is 61.2 Å². The average molecular weight is 265 g/mol. The Balaban J connectivity index is 1.86. The summed E-state index contributed by atoms with van der Waals surface area (Å²) in [6.45, 7) is 6.64. The van der Waals surface area contributed by atoms with Gasteiger partial charge in [-0.3, -0.25) is 4.90 Å². The molecular formula is C18H19NO. The van der Waals surface area contributed by atoms with E-state index in [0.717, 1.165) is 25.2 Å². The van der Waals surface area contributed by atoms with Crippen LogP contribution in [0.4, 0.5) is 0 Å². The second-order valence-electron chi connectivity index (χ2n) is 5.35. The molecule has 0 fully saturated rings. The van der Waals surface area contributed by atoms with Crippen molar-refractivity contribution >= 4 is 0 Å². The molecule has 3 rings (SSSR count). The number of nitrogens with zero attached hydrogens (tertiary/aromatic N) is 1. The summed E-state index contributed by atoms with van der Waals surface area (Å²) in [5, 5.41) is 10.1. The summed E-state index contributed by atoms with van der Waals surface area (Å²) in [4.78, 5) is 2.41. The smallest absolute Gasteiger partial charge is 0.119 e. The van der Waals surface area contributed by atoms with Gasteiger partial charge in [0, 0.05) is 31.1 Å². The van der Waals surface area contributed by atoms with Crippen molar-refractivity contribution in [2.75, 3.05) is 6.54 Å². The van der Waals surface area contributed by atoms with Crippen molar-refractivity contribution in [3.8, 4) is 5.75 Å². The molecular weight excluding hydrogens is 246 g/mol. The highest BCUT2D eigenvalue weighted by molar-refractivity contribution is 5.45. The summed E-state index contributed by atoms with van der Waals surface area (Å²) in [5.41, 5.74) is 3.57. The summed E-state index contributed by atoms with van der Waals surface area (Å²) in [6, 6.07) is 16.3. The first-order chi connectivity index (χ1) is 9.78. The minimum absolute atomic E-state index is 0.198. The van der Waals surface area contributed by atoms with E-state index in [-0.39, 0.29) is 5.92 Å². The normalized spacial score (nSPS) is 18.5. The van der Waals surface area contributed by atoms with Crippen LogP contribution in [-0.2, 0) is 13.1 Å². The predicted molar refractivity (Wildman–Crippen MR) is 81.6 cm³/mol. The molecule has 1 atom stereocenters. The van der Waals surface area contributed by atoms with Crippen molar-refractivity contribution in [3.63, 3.8) is 0 Å². The monoisotopic (exact) mass is 265 g/mol. The summed E-state index contributed by atoms with van der Waals surface area (Å²) < 4.78 is 0. The van der Waals surface area contributed by atoms with Crippen LogP contribution >= 0.6 is 0 Å². The van der Waals surface area contributed by atoms with Crippen LogP contribution in [0, 0.1) is 0 Å². The standard InChI is InChI=1S/C18H19NO/c1-2-15-12-19(11-14-7-4-3-5-8-14)13-16-9-6-10-17(20)18(15)16/h2-10,15,20H,1,11-13H2/t15-/m1/s1. The van der Waals surface area contributed by atoms with Crippen molar-refractivity contribution in [2.45, 2.75) is 19.0 Å². The molecule has 1 aliphatic rings. The number of phenols is 1. The van der Waals surface area contributed by atoms with Crippen molar-refractivity contribution in [1.29, 1.82) is 0 Å². The molecule has 20 heavy (non-hydrogen) atoms. The van der Waals surface area contributed by atoms with Crippen LogP contribution in [0.2, 0.25) is 0 Å². The fourth-order valence-electron chi connectivity index (χ4n) is 2.99. The van der Waals surface area contributed by atoms with E-state index in [1.54, 1.807) is 6.07 Å². The van der Waals surface area contributed by atoms with E-state index in [4.69, 9.17) is 0 Å². The van der Waals surface area contributed by atoms with Gasteiger partial charge in [0.05, 0.1) is 0 Å². The Labute approximate surface area is 120 Å². The first-order valence-corrected chi connectivity index (χ1v) is 6.97. The van der Waals surface area contributed by atoms with E-state index >= 15 is 0 Å². The highest BCUT2D eigenvalue weighted by Gasteiger charge is 2.25. The predicted octanol–water partition coefficient (Wildman–Crippen LogP) is 3.68. The topological polar surface area (TPSA) is 23.5 Å². The molecule has 0 aromatic heterocycles. The Morgan fingerprint density at radius 2 is 1.95 bits per heavy atom. The molecule has 2 nitrogen and oxygen atoms in total. The zero-order chi connectivity index (χ0) is 13.9. The van der Waals surface area contributed by atoms with Gasteiger partial charge in [0.2, 0.25) is 0 Å². The minimum Gasteiger partial charge on any atom is -0.508 e. The largest absolute Gasteiger partial charge is 0.508 e. The minimum atomic E-state index is 0.198. The molecule has 0 aliphatic carbocycles. The molecule has 2 aromatic carbocycles. The molecule has 0 unspecified atom stereocenters. The van der Waals surface area contributed by atoms with Gasteiger partial charge in [0.25, 0.3) is 0 Å². The zero-order valence-corrected chi connectivity index (χ0v) is 11.5. The van der Waals surface area contributed by atoms with Crippen molar-refractivity contribution in [2.24, 2.45) is 0 Å². The zero-order valence-electron chi connectivity index (χ0n) is 11.5. The Bertz CT molecular complexity index is 606. The van der Waals surface area contributed by atoms with Gasteiger partial charge in [0.15, 0.2) is 0 Å². The van der Waals surface area contributed by atoms with Crippen LogP contribution < -0.4 is 0 Å². The Kier molecular flexibility index (Phi) is 3.57. The SMILES string of the molecule is C=C[C@@H]1CN(Cc2ccccc2)Cc2cccc(O)c21. The Hall–Kier alpha value is -2.06.